The molecule has 2 N–H and O–H groups in total. The maximum atomic E-state index is 14.7. The lowest BCUT2D eigenvalue weighted by Gasteiger charge is -2.39. The van der Waals surface area contributed by atoms with Crippen molar-refractivity contribution in [3.8, 4) is 0 Å². The third kappa shape index (κ3) is 3.01. The normalized spacial score (nSPS) is 21.5. The van der Waals surface area contributed by atoms with E-state index in [0.717, 1.165) is 35.0 Å². The summed E-state index contributed by atoms with van der Waals surface area (Å²) in [6.07, 6.45) is 2.05. The monoisotopic (exact) mass is 378 g/mol. The first-order valence-corrected chi connectivity index (χ1v) is 10.1. The second kappa shape index (κ2) is 7.08. The molecule has 1 aliphatic rings. The minimum atomic E-state index is -0.103. The summed E-state index contributed by atoms with van der Waals surface area (Å²) in [7, 11) is 0. The average molecular weight is 378 g/mol. The number of anilines is 1. The Kier molecular flexibility index (Phi) is 4.74. The molecule has 3 nitrogen and oxygen atoms in total. The topological polar surface area (TPSA) is 44.9 Å². The van der Waals surface area contributed by atoms with Gasteiger partial charge < -0.3 is 10.3 Å². The van der Waals surface area contributed by atoms with Crippen LogP contribution in [0.3, 0.4) is 0 Å². The number of aromatic nitrogens is 1. The fraction of sp³-hybridized carbons (Fsp3) is 0.375. The van der Waals surface area contributed by atoms with E-state index in [1.54, 1.807) is 6.07 Å². The molecule has 0 saturated carbocycles. The summed E-state index contributed by atoms with van der Waals surface area (Å²) in [4.78, 5) is 14.6. The summed E-state index contributed by atoms with van der Waals surface area (Å²) in [6.45, 7) is 8.22. The van der Waals surface area contributed by atoms with E-state index in [1.165, 1.54) is 11.1 Å². The Morgan fingerprint density at radius 3 is 2.75 bits per heavy atom. The number of hydrogen-bond acceptors (Lipinski definition) is 2. The molecule has 146 valence electrons. The highest BCUT2D eigenvalue weighted by atomic mass is 19.1. The van der Waals surface area contributed by atoms with Crippen LogP contribution < -0.4 is 10.9 Å². The molecular weight excluding hydrogens is 351 g/mol. The van der Waals surface area contributed by atoms with Crippen LogP contribution in [0.4, 0.5) is 10.1 Å². The van der Waals surface area contributed by atoms with Crippen LogP contribution in [0, 0.1) is 25.6 Å². The number of benzene rings is 2. The summed E-state index contributed by atoms with van der Waals surface area (Å²) < 4.78 is 14.7. The fourth-order valence-corrected chi connectivity index (χ4v) is 4.88. The SMILES string of the molecule is CCC1CC(C)C(Nc2cccc3[nH]c(=O)ccc23)c2cc(C)c(F)c(C)c21. The molecule has 0 amide bonds. The van der Waals surface area contributed by atoms with Gasteiger partial charge in [0.15, 0.2) is 0 Å². The van der Waals surface area contributed by atoms with Crippen molar-refractivity contribution in [3.63, 3.8) is 0 Å². The first-order chi connectivity index (χ1) is 13.4. The van der Waals surface area contributed by atoms with Gasteiger partial charge in [0, 0.05) is 17.1 Å². The lowest BCUT2D eigenvalue weighted by molar-refractivity contribution is 0.374. The van der Waals surface area contributed by atoms with Crippen LogP contribution in [0.25, 0.3) is 10.9 Å². The second-order valence-corrected chi connectivity index (χ2v) is 8.16. The summed E-state index contributed by atoms with van der Waals surface area (Å²) in [5.74, 6) is 0.731. The summed E-state index contributed by atoms with van der Waals surface area (Å²) >= 11 is 0. The molecule has 3 atom stereocenters. The van der Waals surface area contributed by atoms with Crippen molar-refractivity contribution in [3.05, 3.63) is 74.8 Å². The third-order valence-corrected chi connectivity index (χ3v) is 6.30. The van der Waals surface area contributed by atoms with Crippen LogP contribution in [0.15, 0.2) is 41.2 Å². The molecule has 2 aromatic carbocycles. The average Bonchev–Trinajstić information content (AvgIpc) is 2.67. The Morgan fingerprint density at radius 2 is 2.00 bits per heavy atom. The van der Waals surface area contributed by atoms with Crippen molar-refractivity contribution < 1.29 is 4.39 Å². The van der Waals surface area contributed by atoms with E-state index in [9.17, 15) is 9.18 Å². The van der Waals surface area contributed by atoms with E-state index in [0.29, 0.717) is 17.4 Å². The Balaban J connectivity index is 1.84. The number of H-pyrrole nitrogens is 1. The number of halogens is 1. The molecule has 1 heterocycles. The highest BCUT2D eigenvalue weighted by Crippen LogP contribution is 2.46. The maximum absolute atomic E-state index is 14.7. The van der Waals surface area contributed by atoms with Crippen molar-refractivity contribution in [1.82, 2.24) is 4.98 Å². The predicted molar refractivity (Wildman–Crippen MR) is 114 cm³/mol. The minimum Gasteiger partial charge on any atom is -0.377 e. The highest BCUT2D eigenvalue weighted by Gasteiger charge is 2.34. The zero-order valence-corrected chi connectivity index (χ0v) is 16.9. The standard InChI is InChI=1S/C24H27FN2O/c1-5-16-11-14(3)24(18-12-13(2)23(25)15(4)22(16)18)27-20-8-6-7-19-17(20)9-10-21(28)26-19/h6-10,12,14,16,24,27H,5,11H2,1-4H3,(H,26,28). The van der Waals surface area contributed by atoms with Gasteiger partial charge in [-0.3, -0.25) is 4.79 Å². The molecule has 0 fully saturated rings. The summed E-state index contributed by atoms with van der Waals surface area (Å²) in [5.41, 5.74) is 5.59. The number of rotatable bonds is 3. The van der Waals surface area contributed by atoms with Gasteiger partial charge in [-0.2, -0.15) is 0 Å². The number of aryl methyl sites for hydroxylation is 1. The van der Waals surface area contributed by atoms with Gasteiger partial charge in [-0.25, -0.2) is 4.39 Å². The van der Waals surface area contributed by atoms with E-state index in [-0.39, 0.29) is 17.4 Å². The van der Waals surface area contributed by atoms with Gasteiger partial charge in [-0.1, -0.05) is 26.0 Å². The van der Waals surface area contributed by atoms with E-state index in [1.807, 2.05) is 44.2 Å². The van der Waals surface area contributed by atoms with E-state index in [2.05, 4.69) is 24.1 Å². The van der Waals surface area contributed by atoms with Gasteiger partial charge in [0.2, 0.25) is 5.56 Å². The van der Waals surface area contributed by atoms with Crippen molar-refractivity contribution >= 4 is 16.6 Å². The Bertz CT molecular complexity index is 1100. The van der Waals surface area contributed by atoms with Crippen LogP contribution in [0.2, 0.25) is 0 Å². The molecule has 0 radical (unpaired) electrons. The van der Waals surface area contributed by atoms with Crippen LogP contribution in [-0.2, 0) is 0 Å². The second-order valence-electron chi connectivity index (χ2n) is 8.16. The molecule has 1 aromatic heterocycles. The number of aromatic amines is 1. The molecule has 4 rings (SSSR count). The minimum absolute atomic E-state index is 0.0757. The molecule has 0 aliphatic heterocycles. The summed E-state index contributed by atoms with van der Waals surface area (Å²) in [6, 6.07) is 11.5. The Hall–Kier alpha value is -2.62. The lowest BCUT2D eigenvalue weighted by atomic mass is 9.71. The molecule has 0 bridgehead atoms. The molecule has 3 aromatic rings. The zero-order chi connectivity index (χ0) is 20.0. The van der Waals surface area contributed by atoms with Gasteiger partial charge in [0.1, 0.15) is 5.82 Å². The van der Waals surface area contributed by atoms with E-state index in [4.69, 9.17) is 0 Å². The smallest absolute Gasteiger partial charge is 0.248 e. The van der Waals surface area contributed by atoms with Gasteiger partial charge in [0.25, 0.3) is 0 Å². The van der Waals surface area contributed by atoms with Crippen LogP contribution in [-0.4, -0.2) is 4.98 Å². The molecule has 1 aliphatic carbocycles. The zero-order valence-electron chi connectivity index (χ0n) is 16.9. The molecule has 0 saturated heterocycles. The quantitative estimate of drug-likeness (QED) is 0.590. The number of fused-ring (bicyclic) bond motifs is 2. The predicted octanol–water partition coefficient (Wildman–Crippen LogP) is 5.97. The van der Waals surface area contributed by atoms with E-state index >= 15 is 0 Å². The fourth-order valence-electron chi connectivity index (χ4n) is 4.88. The maximum Gasteiger partial charge on any atom is 0.248 e. The van der Waals surface area contributed by atoms with Gasteiger partial charge in [0.05, 0.1) is 11.6 Å². The largest absolute Gasteiger partial charge is 0.377 e. The summed E-state index contributed by atoms with van der Waals surface area (Å²) in [5, 5.41) is 4.71. The molecule has 3 unspecified atom stereocenters. The lowest BCUT2D eigenvalue weighted by Crippen LogP contribution is -2.28. The number of pyridine rings is 1. The number of hydrogen-bond donors (Lipinski definition) is 2. The molecule has 28 heavy (non-hydrogen) atoms. The van der Waals surface area contributed by atoms with Crippen LogP contribution in [0.5, 0.6) is 0 Å². The van der Waals surface area contributed by atoms with Gasteiger partial charge in [-0.15, -0.1) is 0 Å². The van der Waals surface area contributed by atoms with Crippen molar-refractivity contribution in [1.29, 1.82) is 0 Å². The van der Waals surface area contributed by atoms with Crippen molar-refractivity contribution in [2.45, 2.75) is 52.5 Å². The van der Waals surface area contributed by atoms with Crippen molar-refractivity contribution in [2.24, 2.45) is 5.92 Å². The first kappa shape index (κ1) is 18.7. The van der Waals surface area contributed by atoms with Gasteiger partial charge in [-0.05, 0) is 79.0 Å². The van der Waals surface area contributed by atoms with E-state index < -0.39 is 0 Å². The number of nitrogens with one attached hydrogen (secondary N) is 2. The Labute approximate surface area is 165 Å². The molecular formula is C24H27FN2O. The highest BCUT2D eigenvalue weighted by molar-refractivity contribution is 5.91. The van der Waals surface area contributed by atoms with Gasteiger partial charge >= 0.3 is 0 Å². The van der Waals surface area contributed by atoms with Crippen LogP contribution >= 0.6 is 0 Å². The molecule has 0 spiro atoms. The van der Waals surface area contributed by atoms with Crippen LogP contribution in [0.1, 0.15) is 60.9 Å². The molecule has 4 heteroatoms. The Morgan fingerprint density at radius 1 is 1.21 bits per heavy atom. The van der Waals surface area contributed by atoms with Crippen molar-refractivity contribution in [2.75, 3.05) is 5.32 Å². The first-order valence-electron chi connectivity index (χ1n) is 10.1. The third-order valence-electron chi connectivity index (χ3n) is 6.30.